The van der Waals surface area contributed by atoms with Crippen molar-refractivity contribution < 1.29 is 0 Å². The van der Waals surface area contributed by atoms with Crippen LogP contribution in [-0.2, 0) is 7.05 Å². The largest absolute Gasteiger partial charge is 0.379 e. The average molecular weight is 279 g/mol. The summed E-state index contributed by atoms with van der Waals surface area (Å²) >= 11 is 0. The van der Waals surface area contributed by atoms with Gasteiger partial charge in [0.15, 0.2) is 5.82 Å². The molecule has 106 valence electrons. The molecule has 0 saturated heterocycles. The van der Waals surface area contributed by atoms with Crippen molar-refractivity contribution in [1.29, 1.82) is 0 Å². The van der Waals surface area contributed by atoms with Crippen molar-refractivity contribution in [2.45, 2.75) is 13.0 Å². The van der Waals surface area contributed by atoms with Crippen LogP contribution < -0.4 is 5.32 Å². The SMILES string of the molecule is CC(Nc1ccc(-c2nncn2C)cc1)c1ccncc1. The standard InChI is InChI=1S/C16H17N5/c1-12(13-7-9-17-10-8-13)19-15-5-3-14(4-6-15)16-20-18-11-21(16)2/h3-12,19H,1-2H3. The Morgan fingerprint density at radius 2 is 1.76 bits per heavy atom. The van der Waals surface area contributed by atoms with Gasteiger partial charge in [0, 0.05) is 36.7 Å². The van der Waals surface area contributed by atoms with Crippen LogP contribution in [0.15, 0.2) is 55.1 Å². The van der Waals surface area contributed by atoms with Crippen LogP contribution >= 0.6 is 0 Å². The minimum absolute atomic E-state index is 0.230. The van der Waals surface area contributed by atoms with Gasteiger partial charge in [-0.2, -0.15) is 0 Å². The lowest BCUT2D eigenvalue weighted by molar-refractivity contribution is 0.880. The van der Waals surface area contributed by atoms with E-state index in [-0.39, 0.29) is 6.04 Å². The Hall–Kier alpha value is -2.69. The lowest BCUT2D eigenvalue weighted by atomic mass is 10.1. The third-order valence-electron chi connectivity index (χ3n) is 3.44. The lowest BCUT2D eigenvalue weighted by Gasteiger charge is -2.15. The van der Waals surface area contributed by atoms with E-state index in [1.54, 1.807) is 6.33 Å². The first-order chi connectivity index (χ1) is 10.2. The fourth-order valence-corrected chi connectivity index (χ4v) is 2.25. The third-order valence-corrected chi connectivity index (χ3v) is 3.44. The normalized spacial score (nSPS) is 12.1. The van der Waals surface area contributed by atoms with Gasteiger partial charge in [0.1, 0.15) is 6.33 Å². The molecule has 0 aliphatic rings. The molecule has 3 aromatic rings. The van der Waals surface area contributed by atoms with Gasteiger partial charge in [0.2, 0.25) is 0 Å². The number of rotatable bonds is 4. The molecule has 1 N–H and O–H groups in total. The fourth-order valence-electron chi connectivity index (χ4n) is 2.25. The Kier molecular flexibility index (Phi) is 3.64. The van der Waals surface area contributed by atoms with E-state index in [4.69, 9.17) is 0 Å². The maximum absolute atomic E-state index is 4.11. The molecule has 3 rings (SSSR count). The summed E-state index contributed by atoms with van der Waals surface area (Å²) in [5.41, 5.74) is 3.34. The highest BCUT2D eigenvalue weighted by atomic mass is 15.2. The van der Waals surface area contributed by atoms with Gasteiger partial charge in [-0.15, -0.1) is 10.2 Å². The summed E-state index contributed by atoms with van der Waals surface area (Å²) in [5, 5.41) is 11.5. The van der Waals surface area contributed by atoms with E-state index < -0.39 is 0 Å². The maximum atomic E-state index is 4.11. The van der Waals surface area contributed by atoms with Crippen LogP contribution in [0, 0.1) is 0 Å². The second-order valence-electron chi connectivity index (χ2n) is 4.99. The highest BCUT2D eigenvalue weighted by Gasteiger charge is 2.07. The quantitative estimate of drug-likeness (QED) is 0.797. The Morgan fingerprint density at radius 3 is 2.38 bits per heavy atom. The second-order valence-corrected chi connectivity index (χ2v) is 4.99. The number of aromatic nitrogens is 4. The first-order valence-electron chi connectivity index (χ1n) is 6.85. The predicted molar refractivity (Wildman–Crippen MR) is 82.7 cm³/mol. The first-order valence-corrected chi connectivity index (χ1v) is 6.85. The molecule has 5 nitrogen and oxygen atoms in total. The van der Waals surface area contributed by atoms with E-state index in [0.29, 0.717) is 0 Å². The smallest absolute Gasteiger partial charge is 0.163 e. The fraction of sp³-hybridized carbons (Fsp3) is 0.188. The van der Waals surface area contributed by atoms with Gasteiger partial charge < -0.3 is 9.88 Å². The molecule has 2 heterocycles. The van der Waals surface area contributed by atoms with Crippen molar-refractivity contribution in [3.05, 3.63) is 60.7 Å². The Bertz CT molecular complexity index is 703. The number of nitrogens with zero attached hydrogens (tertiary/aromatic N) is 4. The minimum Gasteiger partial charge on any atom is -0.379 e. The second kappa shape index (κ2) is 5.75. The van der Waals surface area contributed by atoms with Gasteiger partial charge in [-0.05, 0) is 48.9 Å². The number of pyridine rings is 1. The number of benzene rings is 1. The molecule has 0 fully saturated rings. The lowest BCUT2D eigenvalue weighted by Crippen LogP contribution is -2.06. The van der Waals surface area contributed by atoms with E-state index in [0.717, 1.165) is 17.1 Å². The molecule has 2 aromatic heterocycles. The molecule has 1 unspecified atom stereocenters. The van der Waals surface area contributed by atoms with E-state index in [9.17, 15) is 0 Å². The van der Waals surface area contributed by atoms with E-state index in [1.165, 1.54) is 5.56 Å². The molecule has 0 amide bonds. The minimum atomic E-state index is 0.230. The molecular weight excluding hydrogens is 262 g/mol. The zero-order valence-corrected chi connectivity index (χ0v) is 12.1. The number of anilines is 1. The zero-order valence-electron chi connectivity index (χ0n) is 12.1. The van der Waals surface area contributed by atoms with Gasteiger partial charge in [-0.25, -0.2) is 0 Å². The first kappa shape index (κ1) is 13.3. The van der Waals surface area contributed by atoms with Gasteiger partial charge in [0.05, 0.1) is 0 Å². The summed E-state index contributed by atoms with van der Waals surface area (Å²) in [7, 11) is 1.94. The monoisotopic (exact) mass is 279 g/mol. The van der Waals surface area contributed by atoms with E-state index >= 15 is 0 Å². The number of nitrogens with one attached hydrogen (secondary N) is 1. The van der Waals surface area contributed by atoms with Crippen molar-refractivity contribution in [2.24, 2.45) is 7.05 Å². The molecule has 1 atom stereocenters. The van der Waals surface area contributed by atoms with Gasteiger partial charge in [0.25, 0.3) is 0 Å². The van der Waals surface area contributed by atoms with Crippen LogP contribution in [0.2, 0.25) is 0 Å². The maximum Gasteiger partial charge on any atom is 0.163 e. The molecule has 0 spiro atoms. The van der Waals surface area contributed by atoms with E-state index in [2.05, 4.69) is 39.6 Å². The van der Waals surface area contributed by atoms with Crippen molar-refractivity contribution in [2.75, 3.05) is 5.32 Å². The Morgan fingerprint density at radius 1 is 1.05 bits per heavy atom. The van der Waals surface area contributed by atoms with Crippen molar-refractivity contribution in [3.63, 3.8) is 0 Å². The summed E-state index contributed by atoms with van der Waals surface area (Å²) in [4.78, 5) is 4.04. The molecule has 0 bridgehead atoms. The highest BCUT2D eigenvalue weighted by molar-refractivity contribution is 5.60. The summed E-state index contributed by atoms with van der Waals surface area (Å²) in [5.74, 6) is 0.865. The van der Waals surface area contributed by atoms with Crippen molar-refractivity contribution in [3.8, 4) is 11.4 Å². The molecule has 0 aliphatic heterocycles. The van der Waals surface area contributed by atoms with Gasteiger partial charge in [-0.3, -0.25) is 4.98 Å². The van der Waals surface area contributed by atoms with Crippen molar-refractivity contribution >= 4 is 5.69 Å². The highest BCUT2D eigenvalue weighted by Crippen LogP contribution is 2.22. The Labute approximate surface area is 123 Å². The third kappa shape index (κ3) is 2.91. The molecule has 0 saturated carbocycles. The van der Waals surface area contributed by atoms with Crippen LogP contribution in [0.5, 0.6) is 0 Å². The van der Waals surface area contributed by atoms with Gasteiger partial charge >= 0.3 is 0 Å². The molecule has 1 aromatic carbocycles. The van der Waals surface area contributed by atoms with Crippen LogP contribution in [0.25, 0.3) is 11.4 Å². The average Bonchev–Trinajstić information content (AvgIpc) is 2.95. The Balaban J connectivity index is 1.75. The summed E-state index contributed by atoms with van der Waals surface area (Å²) in [6, 6.07) is 12.5. The summed E-state index contributed by atoms with van der Waals surface area (Å²) in [6.07, 6.45) is 5.32. The van der Waals surface area contributed by atoms with Crippen LogP contribution in [-0.4, -0.2) is 19.7 Å². The number of hydrogen-bond acceptors (Lipinski definition) is 4. The number of aryl methyl sites for hydroxylation is 1. The molecule has 21 heavy (non-hydrogen) atoms. The molecular formula is C16H17N5. The zero-order chi connectivity index (χ0) is 14.7. The van der Waals surface area contributed by atoms with Gasteiger partial charge in [-0.1, -0.05) is 0 Å². The topological polar surface area (TPSA) is 55.6 Å². The molecule has 5 heteroatoms. The van der Waals surface area contributed by atoms with Crippen LogP contribution in [0.4, 0.5) is 5.69 Å². The molecule has 0 aliphatic carbocycles. The number of hydrogen-bond donors (Lipinski definition) is 1. The van der Waals surface area contributed by atoms with Crippen LogP contribution in [0.1, 0.15) is 18.5 Å². The molecule has 0 radical (unpaired) electrons. The van der Waals surface area contributed by atoms with Crippen LogP contribution in [0.3, 0.4) is 0 Å². The summed E-state index contributed by atoms with van der Waals surface area (Å²) < 4.78 is 1.90. The van der Waals surface area contributed by atoms with Crippen molar-refractivity contribution in [1.82, 2.24) is 19.7 Å². The van der Waals surface area contributed by atoms with E-state index in [1.807, 2.05) is 48.3 Å². The summed E-state index contributed by atoms with van der Waals surface area (Å²) in [6.45, 7) is 2.13. The predicted octanol–water partition coefficient (Wildman–Crippen LogP) is 3.05.